The van der Waals surface area contributed by atoms with Crippen molar-refractivity contribution in [1.82, 2.24) is 14.5 Å². The molecule has 1 aliphatic rings. The predicted molar refractivity (Wildman–Crippen MR) is 120 cm³/mol. The zero-order valence-corrected chi connectivity index (χ0v) is 19.2. The number of ether oxygens (including phenoxy) is 1. The van der Waals surface area contributed by atoms with E-state index in [1.165, 1.54) is 11.4 Å². The number of benzene rings is 2. The Labute approximate surface area is 193 Å². The minimum absolute atomic E-state index is 0.0417. The van der Waals surface area contributed by atoms with E-state index in [-0.39, 0.29) is 49.8 Å². The van der Waals surface area contributed by atoms with E-state index in [0.717, 1.165) is 0 Å². The second-order valence-electron chi connectivity index (χ2n) is 7.53. The highest BCUT2D eigenvalue weighted by Crippen LogP contribution is 2.18. The summed E-state index contributed by atoms with van der Waals surface area (Å²) in [5, 5.41) is 2.62. The zero-order chi connectivity index (χ0) is 23.8. The van der Waals surface area contributed by atoms with Crippen LogP contribution in [-0.2, 0) is 29.1 Å². The summed E-state index contributed by atoms with van der Waals surface area (Å²) in [5.41, 5.74) is 0.583. The van der Waals surface area contributed by atoms with E-state index in [1.54, 1.807) is 65.6 Å². The SMILES string of the molecule is COC(=O)[C@@H](NC(=O)CCC(=O)N1CCN(S(=O)(=O)c2ccccc2)CC1)c1ccccc1. The molecule has 33 heavy (non-hydrogen) atoms. The highest BCUT2D eigenvalue weighted by atomic mass is 32.2. The van der Waals surface area contributed by atoms with Gasteiger partial charge in [0.15, 0.2) is 6.04 Å². The van der Waals surface area contributed by atoms with Crippen LogP contribution in [0.4, 0.5) is 0 Å². The maximum Gasteiger partial charge on any atom is 0.333 e. The molecule has 0 radical (unpaired) electrons. The summed E-state index contributed by atoms with van der Waals surface area (Å²) in [6.07, 6.45) is -0.137. The molecule has 0 unspecified atom stereocenters. The highest BCUT2D eigenvalue weighted by Gasteiger charge is 2.30. The van der Waals surface area contributed by atoms with Crippen LogP contribution in [0.1, 0.15) is 24.4 Å². The first-order valence-electron chi connectivity index (χ1n) is 10.6. The maximum absolute atomic E-state index is 12.7. The number of nitrogens with one attached hydrogen (secondary N) is 1. The van der Waals surface area contributed by atoms with Crippen LogP contribution in [-0.4, -0.2) is 68.7 Å². The Morgan fingerprint density at radius 1 is 0.909 bits per heavy atom. The minimum atomic E-state index is -3.60. The van der Waals surface area contributed by atoms with Crippen LogP contribution in [0.25, 0.3) is 0 Å². The Morgan fingerprint density at radius 3 is 2.06 bits per heavy atom. The van der Waals surface area contributed by atoms with Gasteiger partial charge in [-0.3, -0.25) is 9.59 Å². The van der Waals surface area contributed by atoms with Crippen LogP contribution < -0.4 is 5.32 Å². The van der Waals surface area contributed by atoms with Gasteiger partial charge in [0.1, 0.15) is 0 Å². The lowest BCUT2D eigenvalue weighted by molar-refractivity contribution is -0.145. The molecule has 2 amide bonds. The van der Waals surface area contributed by atoms with Crippen LogP contribution >= 0.6 is 0 Å². The fourth-order valence-corrected chi connectivity index (χ4v) is 5.02. The largest absolute Gasteiger partial charge is 0.467 e. The van der Waals surface area contributed by atoms with Gasteiger partial charge in [0.25, 0.3) is 0 Å². The second-order valence-corrected chi connectivity index (χ2v) is 9.47. The van der Waals surface area contributed by atoms with Crippen molar-refractivity contribution >= 4 is 27.8 Å². The molecule has 0 bridgehead atoms. The van der Waals surface area contributed by atoms with Gasteiger partial charge in [0, 0.05) is 39.0 Å². The van der Waals surface area contributed by atoms with Crippen LogP contribution in [0.15, 0.2) is 65.6 Å². The number of carbonyl (C=O) groups excluding carboxylic acids is 3. The number of piperazine rings is 1. The molecule has 0 saturated carbocycles. The molecule has 9 nitrogen and oxygen atoms in total. The Kier molecular flexibility index (Phi) is 8.18. The lowest BCUT2D eigenvalue weighted by Gasteiger charge is -2.34. The number of sulfonamides is 1. The van der Waals surface area contributed by atoms with E-state index < -0.39 is 27.9 Å². The molecule has 3 rings (SSSR count). The van der Waals surface area contributed by atoms with Crippen molar-refractivity contribution in [2.75, 3.05) is 33.3 Å². The molecular weight excluding hydrogens is 446 g/mol. The molecule has 0 spiro atoms. The first-order valence-corrected chi connectivity index (χ1v) is 12.0. The molecule has 1 heterocycles. The van der Waals surface area contributed by atoms with Crippen LogP contribution in [0, 0.1) is 0 Å². The summed E-state index contributed by atoms with van der Waals surface area (Å²) in [7, 11) is -2.36. The number of esters is 1. The third-order valence-electron chi connectivity index (χ3n) is 5.41. The monoisotopic (exact) mass is 473 g/mol. The second kappa shape index (κ2) is 11.1. The molecule has 10 heteroatoms. The van der Waals surface area contributed by atoms with Crippen molar-refractivity contribution in [1.29, 1.82) is 0 Å². The highest BCUT2D eigenvalue weighted by molar-refractivity contribution is 7.89. The van der Waals surface area contributed by atoms with Crippen LogP contribution in [0.5, 0.6) is 0 Å². The van der Waals surface area contributed by atoms with Crippen molar-refractivity contribution in [2.45, 2.75) is 23.8 Å². The van der Waals surface area contributed by atoms with Gasteiger partial charge in [-0.05, 0) is 17.7 Å². The molecule has 1 aliphatic heterocycles. The molecule has 2 aromatic rings. The van der Waals surface area contributed by atoms with Gasteiger partial charge in [-0.2, -0.15) is 4.31 Å². The molecule has 1 fully saturated rings. The standard InChI is InChI=1S/C23H27N3O6S/c1-32-23(29)22(18-8-4-2-5-9-18)24-20(27)12-13-21(28)25-14-16-26(17-15-25)33(30,31)19-10-6-3-7-11-19/h2-11,22H,12-17H2,1H3,(H,24,27)/t22-/m0/s1. The lowest BCUT2D eigenvalue weighted by Crippen LogP contribution is -2.50. The average molecular weight is 474 g/mol. The topological polar surface area (TPSA) is 113 Å². The molecule has 176 valence electrons. The molecular formula is C23H27N3O6S. The van der Waals surface area contributed by atoms with Gasteiger partial charge < -0.3 is 15.0 Å². The van der Waals surface area contributed by atoms with E-state index in [1.807, 2.05) is 0 Å². The van der Waals surface area contributed by atoms with E-state index >= 15 is 0 Å². The third kappa shape index (κ3) is 6.17. The lowest BCUT2D eigenvalue weighted by atomic mass is 10.1. The first kappa shape index (κ1) is 24.4. The summed E-state index contributed by atoms with van der Waals surface area (Å²) in [6.45, 7) is 0.879. The van der Waals surface area contributed by atoms with Crippen molar-refractivity contribution in [2.24, 2.45) is 0 Å². The quantitative estimate of drug-likeness (QED) is 0.579. The summed E-state index contributed by atoms with van der Waals surface area (Å²) >= 11 is 0. The van der Waals surface area contributed by atoms with Crippen molar-refractivity contribution in [3.63, 3.8) is 0 Å². The van der Waals surface area contributed by atoms with Crippen molar-refractivity contribution < 1.29 is 27.5 Å². The smallest absolute Gasteiger partial charge is 0.333 e. The Hall–Kier alpha value is -3.24. The molecule has 1 N–H and O–H groups in total. The molecule has 1 saturated heterocycles. The average Bonchev–Trinajstić information content (AvgIpc) is 2.86. The maximum atomic E-state index is 12.7. The molecule has 0 aromatic heterocycles. The predicted octanol–water partition coefficient (Wildman–Crippen LogP) is 1.33. The number of methoxy groups -OCH3 is 1. The zero-order valence-electron chi connectivity index (χ0n) is 18.3. The van der Waals surface area contributed by atoms with Gasteiger partial charge in [-0.1, -0.05) is 48.5 Å². The summed E-state index contributed by atoms with van der Waals surface area (Å²) in [5.74, 6) is -1.29. The number of carbonyl (C=O) groups is 3. The fourth-order valence-electron chi connectivity index (χ4n) is 3.57. The van der Waals surface area contributed by atoms with E-state index in [4.69, 9.17) is 4.74 Å². The normalized spacial score (nSPS) is 15.5. The molecule has 2 aromatic carbocycles. The molecule has 1 atom stereocenters. The van der Waals surface area contributed by atoms with Gasteiger partial charge in [0.2, 0.25) is 21.8 Å². The molecule has 0 aliphatic carbocycles. The number of hydrogen-bond acceptors (Lipinski definition) is 6. The Morgan fingerprint density at radius 2 is 1.48 bits per heavy atom. The first-order chi connectivity index (χ1) is 15.8. The number of nitrogens with zero attached hydrogens (tertiary/aromatic N) is 2. The summed E-state index contributed by atoms with van der Waals surface area (Å²) in [4.78, 5) is 38.8. The number of hydrogen-bond donors (Lipinski definition) is 1. The summed E-state index contributed by atoms with van der Waals surface area (Å²) < 4.78 is 31.6. The van der Waals surface area contributed by atoms with Gasteiger partial charge in [-0.25, -0.2) is 13.2 Å². The van der Waals surface area contributed by atoms with E-state index in [9.17, 15) is 22.8 Å². The van der Waals surface area contributed by atoms with Crippen LogP contribution in [0.2, 0.25) is 0 Å². The van der Waals surface area contributed by atoms with Gasteiger partial charge in [0.05, 0.1) is 12.0 Å². The van der Waals surface area contributed by atoms with Gasteiger partial charge >= 0.3 is 5.97 Å². The number of rotatable bonds is 8. The summed E-state index contributed by atoms with van der Waals surface area (Å²) in [6, 6.07) is 15.9. The third-order valence-corrected chi connectivity index (χ3v) is 7.33. The van der Waals surface area contributed by atoms with E-state index in [2.05, 4.69) is 5.32 Å². The number of amides is 2. The Balaban J connectivity index is 1.50. The van der Waals surface area contributed by atoms with Crippen LogP contribution in [0.3, 0.4) is 0 Å². The fraction of sp³-hybridized carbons (Fsp3) is 0.348. The van der Waals surface area contributed by atoms with E-state index in [0.29, 0.717) is 5.56 Å². The van der Waals surface area contributed by atoms with Gasteiger partial charge in [-0.15, -0.1) is 0 Å². The minimum Gasteiger partial charge on any atom is -0.467 e. The van der Waals surface area contributed by atoms with Crippen molar-refractivity contribution in [3.05, 3.63) is 66.2 Å². The Bertz CT molecular complexity index is 1070. The van der Waals surface area contributed by atoms with Crippen molar-refractivity contribution in [3.8, 4) is 0 Å².